The topological polar surface area (TPSA) is 387 Å². The summed E-state index contributed by atoms with van der Waals surface area (Å²) in [7, 11) is 2.73. The molecule has 4 aliphatic heterocycles. The second-order valence-electron chi connectivity index (χ2n) is 11.7. The normalized spacial score (nSPS) is 47.2. The molecular weight excluding hydrogens is 852 g/mol. The molecule has 0 aromatic carbocycles. The van der Waals surface area contributed by atoms with Gasteiger partial charge in [0.2, 0.25) is 0 Å². The van der Waals surface area contributed by atoms with Crippen LogP contribution in [0.5, 0.6) is 0 Å². The number of carboxylic acid groups (broad SMARTS) is 1. The molecule has 0 aromatic rings. The van der Waals surface area contributed by atoms with E-state index in [-0.39, 0.29) is 65.4 Å². The van der Waals surface area contributed by atoms with Crippen LogP contribution in [0.3, 0.4) is 0 Å². The molecule has 294 valence electrons. The monoisotopic (exact) mass is 898 g/mol. The first-order valence-electron chi connectivity index (χ1n) is 15.1. The van der Waals surface area contributed by atoms with Gasteiger partial charge in [0, 0.05) is 72.5 Å². The van der Waals surface area contributed by atoms with Crippen LogP contribution in [0.1, 0.15) is 0 Å². The number of carbonyl (C=O) groups excluding carboxylic acids is 1. The number of rotatable bonds is 10. The fourth-order valence-corrected chi connectivity index (χ4v) is 5.66. The third-order valence-corrected chi connectivity index (χ3v) is 8.56. The first-order valence-corrected chi connectivity index (χ1v) is 15.1. The van der Waals surface area contributed by atoms with Gasteiger partial charge in [0.25, 0.3) is 0 Å². The van der Waals surface area contributed by atoms with Crippen molar-refractivity contribution in [3.63, 3.8) is 0 Å². The first kappa shape index (κ1) is 49.9. The summed E-state index contributed by atoms with van der Waals surface area (Å²) in [4.78, 5) is 11.0. The molecule has 14 N–H and O–H groups in total. The van der Waals surface area contributed by atoms with Crippen molar-refractivity contribution in [1.82, 2.24) is 5.32 Å². The van der Waals surface area contributed by atoms with Crippen LogP contribution in [-0.2, 0) is 103 Å². The Hall–Kier alpha value is 0.838. The van der Waals surface area contributed by atoms with Gasteiger partial charge in [-0.1, -0.05) is 12.1 Å². The number of carboxylic acids is 1. The van der Waals surface area contributed by atoms with E-state index in [4.69, 9.17) is 44.6 Å². The fraction of sp³-hybridized carbons (Fsp3) is 0.962. The number of nitrogens with one attached hydrogen (secondary N) is 3. The molecule has 0 aliphatic carbocycles. The molecule has 0 amide bonds. The van der Waals surface area contributed by atoms with Crippen molar-refractivity contribution in [3.05, 3.63) is 11.5 Å². The predicted octanol–water partition coefficient (Wildman–Crippen LogP) is -9.04. The van der Waals surface area contributed by atoms with Crippen molar-refractivity contribution < 1.29 is 165 Å². The van der Waals surface area contributed by atoms with Crippen LogP contribution in [0.25, 0.3) is 11.5 Å². The molecule has 4 saturated heterocycles. The summed E-state index contributed by atoms with van der Waals surface area (Å²) in [6, 6.07) is -3.64. The molecule has 2 radical (unpaired) electrons. The fourth-order valence-electron chi connectivity index (χ4n) is 5.66. The van der Waals surface area contributed by atoms with Gasteiger partial charge in [0.1, 0.15) is 79.7 Å². The third kappa shape index (κ3) is 11.5. The van der Waals surface area contributed by atoms with Crippen LogP contribution in [0, 0.1) is 0 Å². The number of methoxy groups -OCH3 is 1. The number of likely N-dealkylation sites (N-methyl/N-ethyl adjacent to an activating group) is 1. The van der Waals surface area contributed by atoms with Crippen molar-refractivity contribution in [2.75, 3.05) is 34.0 Å². The minimum atomic E-state index is -1.99. The Kier molecular flexibility index (Phi) is 22.0. The Morgan fingerprint density at radius 1 is 0.647 bits per heavy atom. The van der Waals surface area contributed by atoms with Crippen LogP contribution in [0.4, 0.5) is 0 Å². The number of hydrogen-bond acceptors (Lipinski definition) is 21. The minimum absolute atomic E-state index is 0. The quantitative estimate of drug-likeness (QED) is 0.0968. The van der Waals surface area contributed by atoms with Crippen LogP contribution < -0.4 is 10.4 Å². The van der Waals surface area contributed by atoms with E-state index in [1.807, 2.05) is 0 Å². The standard InChI is InChI=1S/C13H25N2O9.C13H22NO11.2Y/c1-15-7-10(20)8(18)4(2-16)23-13(7)24-11-5(3-17)22-12(21)6(14)9(11)19;1-22-12-4(14)5(16)9(3(2-15)23-12)24-13-8(19)6(17)7(18)10(25-13)11(20)21;;/h4-21H,2-3H2,1H3;3-10,12-19H,2H2,1H3,(H,20,21);;/q2*-1;;/p-1/t4?,5?,6?,7?,8-,9?,10-,11-,12-,13+;3?,4?,5?,6-,7-,8?,9+,10?,12+,13+;;/m10../s1. The summed E-state index contributed by atoms with van der Waals surface area (Å²) in [6.45, 7) is -1.80. The summed E-state index contributed by atoms with van der Waals surface area (Å²) in [5.41, 5.74) is 15.5. The van der Waals surface area contributed by atoms with Crippen LogP contribution in [0.2, 0.25) is 0 Å². The summed E-state index contributed by atoms with van der Waals surface area (Å²) in [5.74, 6) is -1.84. The number of aliphatic carboxylic acids is 1. The molecule has 0 aromatic heterocycles. The van der Waals surface area contributed by atoms with Crippen molar-refractivity contribution >= 4 is 5.97 Å². The van der Waals surface area contributed by atoms with Crippen LogP contribution in [-0.4, -0.2) is 219 Å². The predicted molar refractivity (Wildman–Crippen MR) is 151 cm³/mol. The average molecular weight is 898 g/mol. The number of carbonyl (C=O) groups is 1. The maximum Gasteiger partial charge on any atom is 0.187 e. The van der Waals surface area contributed by atoms with Crippen molar-refractivity contribution in [3.8, 4) is 0 Å². The van der Waals surface area contributed by atoms with Gasteiger partial charge in [-0.05, 0) is 7.05 Å². The van der Waals surface area contributed by atoms with E-state index in [9.17, 15) is 66.1 Å². The maximum absolute atomic E-state index is 11.0. The van der Waals surface area contributed by atoms with Gasteiger partial charge < -0.3 is 116 Å². The van der Waals surface area contributed by atoms with Gasteiger partial charge in [0.15, 0.2) is 12.6 Å². The Balaban J connectivity index is 0.000000491. The van der Waals surface area contributed by atoms with Crippen molar-refractivity contribution in [1.29, 1.82) is 0 Å². The molecule has 0 spiro atoms. The Labute approximate surface area is 341 Å². The van der Waals surface area contributed by atoms with E-state index in [0.717, 1.165) is 0 Å². The van der Waals surface area contributed by atoms with Gasteiger partial charge >= 0.3 is 0 Å². The van der Waals surface area contributed by atoms with Gasteiger partial charge in [-0.2, -0.15) is 0 Å². The SMILES string of the molecule is CNC1[C@H](O[C@@H]2C(CO)O[C@@H](O)C([NH-])C2O)OC(CO)[C@@H](O)[C@@H]1O.CO[C@@H]1OC(CO)[C@@H](O[C@@H]2OC(C(=O)[O-])[C@@H](O)[C@H](O)C2O)C(O)C1[NH-].[Y].[Y]. The second kappa shape index (κ2) is 22.5. The largest absolute Gasteiger partial charge is 0.668 e. The molecule has 25 heteroatoms. The van der Waals surface area contributed by atoms with Gasteiger partial charge in [-0.15, -0.1) is 0 Å². The van der Waals surface area contributed by atoms with E-state index in [0.29, 0.717) is 0 Å². The summed E-state index contributed by atoms with van der Waals surface area (Å²) < 4.78 is 36.3. The number of aliphatic hydroxyl groups excluding tert-OH is 11. The van der Waals surface area contributed by atoms with Crippen LogP contribution in [0.15, 0.2) is 0 Å². The summed E-state index contributed by atoms with van der Waals surface area (Å²) >= 11 is 0. The van der Waals surface area contributed by atoms with Gasteiger partial charge in [0.05, 0.1) is 44.0 Å². The molecule has 0 saturated carbocycles. The number of aliphatic hydroxyl groups is 11. The van der Waals surface area contributed by atoms with E-state index in [1.165, 1.54) is 14.2 Å². The molecular formula is C26H46N3O20Y2-3. The molecule has 20 atom stereocenters. The Bertz CT molecular complexity index is 1030. The molecule has 4 rings (SSSR count). The average Bonchev–Trinajstić information content (AvgIpc) is 3.08. The summed E-state index contributed by atoms with van der Waals surface area (Å²) in [5, 5.41) is 121. The molecule has 4 fully saturated rings. The zero-order chi connectivity index (χ0) is 36.9. The second-order valence-corrected chi connectivity index (χ2v) is 11.7. The molecule has 10 unspecified atom stereocenters. The molecule has 0 bridgehead atoms. The molecule has 51 heavy (non-hydrogen) atoms. The van der Waals surface area contributed by atoms with Gasteiger partial charge in [-0.3, -0.25) is 0 Å². The molecule has 4 aliphatic rings. The smallest absolute Gasteiger partial charge is 0.187 e. The zero-order valence-electron chi connectivity index (χ0n) is 27.4. The maximum atomic E-state index is 11.0. The minimum Gasteiger partial charge on any atom is -0.668 e. The van der Waals surface area contributed by atoms with E-state index in [1.54, 1.807) is 0 Å². The van der Waals surface area contributed by atoms with Crippen molar-refractivity contribution in [2.24, 2.45) is 0 Å². The van der Waals surface area contributed by atoms with Crippen molar-refractivity contribution in [2.45, 2.75) is 123 Å². The number of ether oxygens (including phenoxy) is 7. The molecule has 4 heterocycles. The van der Waals surface area contributed by atoms with E-state index < -0.39 is 148 Å². The van der Waals surface area contributed by atoms with Gasteiger partial charge in [-0.25, -0.2) is 0 Å². The van der Waals surface area contributed by atoms with E-state index >= 15 is 0 Å². The van der Waals surface area contributed by atoms with Crippen LogP contribution >= 0.6 is 0 Å². The number of hydrogen-bond donors (Lipinski definition) is 12. The zero-order valence-corrected chi connectivity index (χ0v) is 33.1. The first-order chi connectivity index (χ1) is 23.1. The molecule has 23 nitrogen and oxygen atoms in total. The third-order valence-electron chi connectivity index (χ3n) is 8.56. The summed E-state index contributed by atoms with van der Waals surface area (Å²) in [6.07, 6.45) is -25.2. The Morgan fingerprint density at radius 3 is 1.63 bits per heavy atom. The Morgan fingerprint density at radius 2 is 1.14 bits per heavy atom. The van der Waals surface area contributed by atoms with E-state index in [2.05, 4.69) is 5.32 Å².